The van der Waals surface area contributed by atoms with Gasteiger partial charge < -0.3 is 4.57 Å². The maximum absolute atomic E-state index is 5.29. The van der Waals surface area contributed by atoms with Crippen molar-refractivity contribution in [2.45, 2.75) is 13.8 Å². The predicted octanol–water partition coefficient (Wildman–Crippen LogP) is 7.29. The summed E-state index contributed by atoms with van der Waals surface area (Å²) in [4.78, 5) is 10.0. The van der Waals surface area contributed by atoms with Gasteiger partial charge in [-0.15, -0.1) is 0 Å². The van der Waals surface area contributed by atoms with Crippen LogP contribution in [0.2, 0.25) is 0 Å². The average Bonchev–Trinajstić information content (AvgIpc) is 3.36. The standard InChI is InChI=1S/C30H22N4/c1-19-9-13-21(14-10-19)33-26-8-5-17-31-28(26)29-27(33)18-24-23-6-3-4-7-25(23)34(30(24)32-29)22-15-11-20(2)12-16-22/h3-18H,1-2H3. The van der Waals surface area contributed by atoms with Crippen molar-refractivity contribution in [1.82, 2.24) is 19.1 Å². The minimum atomic E-state index is 0.917. The molecular weight excluding hydrogens is 416 g/mol. The Morgan fingerprint density at radius 3 is 1.94 bits per heavy atom. The van der Waals surface area contributed by atoms with Crippen LogP contribution < -0.4 is 0 Å². The van der Waals surface area contributed by atoms with Gasteiger partial charge in [-0.2, -0.15) is 0 Å². The van der Waals surface area contributed by atoms with Gasteiger partial charge in [0.1, 0.15) is 16.7 Å². The van der Waals surface area contributed by atoms with Crippen molar-refractivity contribution in [2.24, 2.45) is 0 Å². The summed E-state index contributed by atoms with van der Waals surface area (Å²) < 4.78 is 4.54. The number of benzene rings is 3. The summed E-state index contributed by atoms with van der Waals surface area (Å²) in [5.74, 6) is 0. The first-order valence-corrected chi connectivity index (χ1v) is 11.5. The lowest BCUT2D eigenvalue weighted by Crippen LogP contribution is -1.96. The summed E-state index contributed by atoms with van der Waals surface area (Å²) in [5.41, 5.74) is 10.8. The van der Waals surface area contributed by atoms with E-state index in [4.69, 9.17) is 9.97 Å². The Morgan fingerprint density at radius 1 is 0.559 bits per heavy atom. The van der Waals surface area contributed by atoms with Crippen LogP contribution in [0.5, 0.6) is 0 Å². The number of rotatable bonds is 2. The molecule has 0 aliphatic heterocycles. The van der Waals surface area contributed by atoms with Gasteiger partial charge in [0.2, 0.25) is 0 Å². The molecule has 0 aliphatic rings. The molecule has 3 aromatic carbocycles. The van der Waals surface area contributed by atoms with Crippen LogP contribution in [-0.2, 0) is 0 Å². The van der Waals surface area contributed by atoms with Gasteiger partial charge in [0.25, 0.3) is 0 Å². The Kier molecular flexibility index (Phi) is 3.94. The molecule has 0 N–H and O–H groups in total. The van der Waals surface area contributed by atoms with E-state index in [-0.39, 0.29) is 0 Å². The third-order valence-electron chi connectivity index (χ3n) is 6.71. The Bertz CT molecular complexity index is 1710. The van der Waals surface area contributed by atoms with Gasteiger partial charge in [-0.25, -0.2) is 4.98 Å². The number of aryl methyl sites for hydroxylation is 2. The van der Waals surface area contributed by atoms with Crippen LogP contribution in [-0.4, -0.2) is 19.1 Å². The monoisotopic (exact) mass is 438 g/mol. The molecule has 162 valence electrons. The van der Waals surface area contributed by atoms with E-state index in [1.165, 1.54) is 16.5 Å². The molecule has 0 aliphatic carbocycles. The van der Waals surface area contributed by atoms with Gasteiger partial charge in [-0.3, -0.25) is 9.55 Å². The van der Waals surface area contributed by atoms with E-state index in [1.807, 2.05) is 12.3 Å². The third kappa shape index (κ3) is 2.66. The second-order valence-electron chi connectivity index (χ2n) is 8.96. The number of hydrogen-bond donors (Lipinski definition) is 0. The zero-order valence-corrected chi connectivity index (χ0v) is 19.0. The minimum absolute atomic E-state index is 0.917. The van der Waals surface area contributed by atoms with Crippen molar-refractivity contribution in [3.8, 4) is 11.4 Å². The largest absolute Gasteiger partial charge is 0.306 e. The van der Waals surface area contributed by atoms with E-state index in [1.54, 1.807) is 0 Å². The first-order chi connectivity index (χ1) is 16.7. The molecular formula is C30H22N4. The molecule has 4 aromatic heterocycles. The van der Waals surface area contributed by atoms with Crippen molar-refractivity contribution in [1.29, 1.82) is 0 Å². The fraction of sp³-hybridized carbons (Fsp3) is 0.0667. The average molecular weight is 439 g/mol. The van der Waals surface area contributed by atoms with Crippen LogP contribution in [0.25, 0.3) is 55.4 Å². The highest BCUT2D eigenvalue weighted by atomic mass is 15.1. The summed E-state index contributed by atoms with van der Waals surface area (Å²) in [6.07, 6.45) is 1.85. The van der Waals surface area contributed by atoms with Crippen molar-refractivity contribution in [2.75, 3.05) is 0 Å². The molecule has 4 nitrogen and oxygen atoms in total. The molecule has 0 spiro atoms. The highest BCUT2D eigenvalue weighted by Crippen LogP contribution is 2.36. The lowest BCUT2D eigenvalue weighted by molar-refractivity contribution is 1.14. The Morgan fingerprint density at radius 2 is 1.21 bits per heavy atom. The maximum atomic E-state index is 5.29. The summed E-state index contributed by atoms with van der Waals surface area (Å²) >= 11 is 0. The molecule has 0 bridgehead atoms. The van der Waals surface area contributed by atoms with Gasteiger partial charge >= 0.3 is 0 Å². The first-order valence-electron chi connectivity index (χ1n) is 11.5. The zero-order chi connectivity index (χ0) is 22.8. The molecule has 0 saturated carbocycles. The second-order valence-corrected chi connectivity index (χ2v) is 8.96. The fourth-order valence-electron chi connectivity index (χ4n) is 5.03. The molecule has 0 amide bonds. The van der Waals surface area contributed by atoms with E-state index < -0.39 is 0 Å². The number of nitrogens with zero attached hydrogens (tertiary/aromatic N) is 4. The van der Waals surface area contributed by atoms with Gasteiger partial charge in [0.15, 0.2) is 0 Å². The fourth-order valence-corrected chi connectivity index (χ4v) is 5.03. The topological polar surface area (TPSA) is 35.6 Å². The number of fused-ring (bicyclic) bond motifs is 6. The molecule has 7 aromatic rings. The molecule has 0 saturated heterocycles. The lowest BCUT2D eigenvalue weighted by Gasteiger charge is -2.09. The van der Waals surface area contributed by atoms with E-state index in [0.717, 1.165) is 50.0 Å². The van der Waals surface area contributed by atoms with Crippen molar-refractivity contribution >= 4 is 44.0 Å². The normalized spacial score (nSPS) is 11.8. The Labute approximate surface area is 196 Å². The SMILES string of the molecule is Cc1ccc(-n2c3cccnc3c3nc4c(cc32)c2ccccc2n4-c2ccc(C)cc2)cc1. The van der Waals surface area contributed by atoms with Gasteiger partial charge in [0, 0.05) is 28.3 Å². The smallest absolute Gasteiger partial charge is 0.146 e. The van der Waals surface area contributed by atoms with Gasteiger partial charge in [-0.1, -0.05) is 53.6 Å². The van der Waals surface area contributed by atoms with E-state index in [2.05, 4.69) is 108 Å². The predicted molar refractivity (Wildman–Crippen MR) is 140 cm³/mol. The zero-order valence-electron chi connectivity index (χ0n) is 19.0. The van der Waals surface area contributed by atoms with Crippen LogP contribution in [0.1, 0.15) is 11.1 Å². The summed E-state index contributed by atoms with van der Waals surface area (Å²) in [7, 11) is 0. The highest BCUT2D eigenvalue weighted by Gasteiger charge is 2.19. The quantitative estimate of drug-likeness (QED) is 0.284. The molecule has 34 heavy (non-hydrogen) atoms. The molecule has 0 radical (unpaired) electrons. The number of hydrogen-bond acceptors (Lipinski definition) is 2. The van der Waals surface area contributed by atoms with Crippen LogP contribution in [0.15, 0.2) is 97.2 Å². The second kappa shape index (κ2) is 7.03. The Balaban J connectivity index is 1.66. The van der Waals surface area contributed by atoms with Gasteiger partial charge in [-0.05, 0) is 62.4 Å². The molecule has 0 fully saturated rings. The van der Waals surface area contributed by atoms with Crippen molar-refractivity contribution in [3.63, 3.8) is 0 Å². The molecule has 4 heteroatoms. The number of pyridine rings is 2. The van der Waals surface area contributed by atoms with E-state index in [0.29, 0.717) is 0 Å². The Hall–Kier alpha value is -4.44. The summed E-state index contributed by atoms with van der Waals surface area (Å²) in [5, 5.41) is 2.33. The third-order valence-corrected chi connectivity index (χ3v) is 6.71. The van der Waals surface area contributed by atoms with E-state index >= 15 is 0 Å². The van der Waals surface area contributed by atoms with E-state index in [9.17, 15) is 0 Å². The van der Waals surface area contributed by atoms with Gasteiger partial charge in [0.05, 0.1) is 16.6 Å². The summed E-state index contributed by atoms with van der Waals surface area (Å²) in [6.45, 7) is 4.23. The highest BCUT2D eigenvalue weighted by molar-refractivity contribution is 6.14. The number of para-hydroxylation sites is 1. The lowest BCUT2D eigenvalue weighted by atomic mass is 10.2. The van der Waals surface area contributed by atoms with Crippen LogP contribution in [0, 0.1) is 13.8 Å². The van der Waals surface area contributed by atoms with Crippen molar-refractivity contribution < 1.29 is 0 Å². The minimum Gasteiger partial charge on any atom is -0.306 e. The van der Waals surface area contributed by atoms with Crippen LogP contribution in [0.4, 0.5) is 0 Å². The van der Waals surface area contributed by atoms with Crippen LogP contribution in [0.3, 0.4) is 0 Å². The summed E-state index contributed by atoms with van der Waals surface area (Å²) in [6, 6.07) is 32.2. The molecule has 0 unspecified atom stereocenters. The molecule has 7 rings (SSSR count). The maximum Gasteiger partial charge on any atom is 0.146 e. The number of aromatic nitrogens is 4. The van der Waals surface area contributed by atoms with Crippen LogP contribution >= 0.6 is 0 Å². The molecule has 4 heterocycles. The van der Waals surface area contributed by atoms with Crippen molar-refractivity contribution in [3.05, 3.63) is 108 Å². The molecule has 0 atom stereocenters. The first kappa shape index (κ1) is 19.1.